The molecule has 0 saturated heterocycles. The van der Waals surface area contributed by atoms with Crippen molar-refractivity contribution in [3.8, 4) is 0 Å². The molecule has 28 heavy (non-hydrogen) atoms. The first-order valence-corrected chi connectivity index (χ1v) is 10.4. The van der Waals surface area contributed by atoms with Crippen molar-refractivity contribution in [3.05, 3.63) is 59.4 Å². The highest BCUT2D eigenvalue weighted by molar-refractivity contribution is 7.97. The number of imidazole rings is 1. The zero-order valence-corrected chi connectivity index (χ0v) is 17.1. The molecule has 0 aliphatic carbocycles. The van der Waals surface area contributed by atoms with Gasteiger partial charge >= 0.3 is 5.97 Å². The van der Waals surface area contributed by atoms with Crippen LogP contribution in [0, 0.1) is 0 Å². The predicted octanol–water partition coefficient (Wildman–Crippen LogP) is 4.12. The third-order valence-electron chi connectivity index (χ3n) is 4.10. The quantitative estimate of drug-likeness (QED) is 0.585. The lowest BCUT2D eigenvalue weighted by Gasteiger charge is -2.15. The summed E-state index contributed by atoms with van der Waals surface area (Å²) in [4.78, 5) is 29.4. The van der Waals surface area contributed by atoms with Crippen molar-refractivity contribution >= 4 is 52.0 Å². The molecule has 0 aliphatic rings. The summed E-state index contributed by atoms with van der Waals surface area (Å²) in [6.07, 6.45) is 1.02. The number of rotatable bonds is 7. The number of nitrogens with one attached hydrogen (secondary N) is 1. The van der Waals surface area contributed by atoms with Crippen molar-refractivity contribution in [2.24, 2.45) is 0 Å². The van der Waals surface area contributed by atoms with Crippen LogP contribution in [-0.4, -0.2) is 33.8 Å². The average molecular weight is 418 g/mol. The van der Waals surface area contributed by atoms with E-state index in [4.69, 9.17) is 16.3 Å². The molecular weight excluding hydrogens is 398 g/mol. The van der Waals surface area contributed by atoms with Crippen LogP contribution in [0.25, 0.3) is 11.0 Å². The van der Waals surface area contributed by atoms with Crippen LogP contribution in [0.2, 0.25) is 5.02 Å². The molecule has 0 bridgehead atoms. The number of hydrogen-bond donors (Lipinski definition) is 1. The van der Waals surface area contributed by atoms with Crippen molar-refractivity contribution in [3.63, 3.8) is 0 Å². The molecule has 0 unspecified atom stereocenters. The lowest BCUT2D eigenvalue weighted by atomic mass is 10.3. The summed E-state index contributed by atoms with van der Waals surface area (Å²) < 4.78 is 7.16. The number of carbonyl (C=O) groups is 2. The molecule has 0 fully saturated rings. The number of para-hydroxylation sites is 3. The Balaban J connectivity index is 1.68. The van der Waals surface area contributed by atoms with Gasteiger partial charge in [0.1, 0.15) is 12.4 Å². The zero-order chi connectivity index (χ0) is 20.1. The number of amides is 1. The number of nitrogens with zero attached hydrogens (tertiary/aromatic N) is 2. The number of benzene rings is 2. The first-order chi connectivity index (χ1) is 13.5. The van der Waals surface area contributed by atoms with E-state index in [0.29, 0.717) is 16.5 Å². The van der Waals surface area contributed by atoms with Gasteiger partial charge in [0.2, 0.25) is 0 Å². The van der Waals surface area contributed by atoms with Crippen molar-refractivity contribution in [1.82, 2.24) is 9.55 Å². The summed E-state index contributed by atoms with van der Waals surface area (Å²) in [6, 6.07) is 14.5. The van der Waals surface area contributed by atoms with E-state index in [9.17, 15) is 9.59 Å². The smallest absolute Gasteiger partial charge is 0.326 e. The Morgan fingerprint density at radius 2 is 1.93 bits per heavy atom. The SMILES string of the molecule is CSCc1nc2ccccc2n1CC(=O)O[C@H](C)C(=O)Nc1ccccc1Cl. The van der Waals surface area contributed by atoms with Crippen LogP contribution < -0.4 is 5.32 Å². The van der Waals surface area contributed by atoms with Crippen LogP contribution in [-0.2, 0) is 26.6 Å². The van der Waals surface area contributed by atoms with Gasteiger partial charge in [-0.05, 0) is 37.4 Å². The standard InChI is InChI=1S/C20H20ClN3O3S/c1-13(20(26)23-15-8-4-3-7-14(15)21)27-19(25)11-24-17-10-6-5-9-16(17)22-18(24)12-28-2/h3-10,13H,11-12H2,1-2H3,(H,23,26)/t13-/m1/s1. The van der Waals surface area contributed by atoms with E-state index in [0.717, 1.165) is 16.9 Å². The largest absolute Gasteiger partial charge is 0.451 e. The number of anilines is 1. The first-order valence-electron chi connectivity index (χ1n) is 8.67. The van der Waals surface area contributed by atoms with Gasteiger partial charge in [-0.25, -0.2) is 4.98 Å². The highest BCUT2D eigenvalue weighted by Crippen LogP contribution is 2.21. The molecule has 1 heterocycles. The summed E-state index contributed by atoms with van der Waals surface area (Å²) in [7, 11) is 0. The molecule has 6 nitrogen and oxygen atoms in total. The fourth-order valence-electron chi connectivity index (χ4n) is 2.76. The van der Waals surface area contributed by atoms with Gasteiger partial charge in [0.15, 0.2) is 6.10 Å². The van der Waals surface area contributed by atoms with Crippen LogP contribution in [0.5, 0.6) is 0 Å². The maximum Gasteiger partial charge on any atom is 0.326 e. The van der Waals surface area contributed by atoms with Crippen LogP contribution in [0.3, 0.4) is 0 Å². The zero-order valence-electron chi connectivity index (χ0n) is 15.5. The van der Waals surface area contributed by atoms with E-state index in [-0.39, 0.29) is 6.54 Å². The molecule has 2 aromatic carbocycles. The minimum Gasteiger partial charge on any atom is -0.451 e. The fourth-order valence-corrected chi connectivity index (χ4v) is 3.42. The van der Waals surface area contributed by atoms with Gasteiger partial charge in [0, 0.05) is 0 Å². The van der Waals surface area contributed by atoms with Gasteiger partial charge in [-0.15, -0.1) is 0 Å². The minimum absolute atomic E-state index is 0.0138. The number of carbonyl (C=O) groups excluding carboxylic acids is 2. The Hall–Kier alpha value is -2.51. The molecular formula is C20H20ClN3O3S. The molecule has 146 valence electrons. The van der Waals surface area contributed by atoms with Gasteiger partial charge in [0.05, 0.1) is 27.5 Å². The maximum absolute atomic E-state index is 12.5. The molecule has 8 heteroatoms. The minimum atomic E-state index is -0.956. The molecule has 1 atom stereocenters. The fraction of sp³-hybridized carbons (Fsp3) is 0.250. The van der Waals surface area contributed by atoms with Crippen molar-refractivity contribution in [2.75, 3.05) is 11.6 Å². The number of fused-ring (bicyclic) bond motifs is 1. The molecule has 1 amide bonds. The van der Waals surface area contributed by atoms with Crippen LogP contribution in [0.1, 0.15) is 12.7 Å². The Morgan fingerprint density at radius 1 is 1.21 bits per heavy atom. The second-order valence-electron chi connectivity index (χ2n) is 6.14. The second kappa shape index (κ2) is 9.12. The summed E-state index contributed by atoms with van der Waals surface area (Å²) in [5.74, 6) is 0.511. The van der Waals surface area contributed by atoms with E-state index >= 15 is 0 Å². The second-order valence-corrected chi connectivity index (χ2v) is 7.41. The highest BCUT2D eigenvalue weighted by Gasteiger charge is 2.20. The molecule has 3 rings (SSSR count). The third-order valence-corrected chi connectivity index (χ3v) is 4.98. The van der Waals surface area contributed by atoms with Gasteiger partial charge in [-0.1, -0.05) is 35.9 Å². The lowest BCUT2D eigenvalue weighted by Crippen LogP contribution is -2.31. The van der Waals surface area contributed by atoms with E-state index < -0.39 is 18.0 Å². The highest BCUT2D eigenvalue weighted by atomic mass is 35.5. The topological polar surface area (TPSA) is 73.2 Å². The van der Waals surface area contributed by atoms with Gasteiger partial charge in [0.25, 0.3) is 5.91 Å². The lowest BCUT2D eigenvalue weighted by molar-refractivity contribution is -0.153. The van der Waals surface area contributed by atoms with Crippen LogP contribution in [0.15, 0.2) is 48.5 Å². The van der Waals surface area contributed by atoms with E-state index in [1.54, 1.807) is 36.0 Å². The number of halogens is 1. The van der Waals surface area contributed by atoms with E-state index in [1.165, 1.54) is 6.92 Å². The summed E-state index contributed by atoms with van der Waals surface area (Å²) in [6.45, 7) is 1.51. The molecule has 3 aromatic rings. The molecule has 1 aromatic heterocycles. The predicted molar refractivity (Wildman–Crippen MR) is 113 cm³/mol. The van der Waals surface area contributed by atoms with Crippen molar-refractivity contribution in [1.29, 1.82) is 0 Å². The number of esters is 1. The molecule has 0 aliphatic heterocycles. The average Bonchev–Trinajstić information content (AvgIpc) is 3.01. The Kier molecular flexibility index (Phi) is 6.59. The molecule has 0 spiro atoms. The number of thioether (sulfide) groups is 1. The Morgan fingerprint density at radius 3 is 2.68 bits per heavy atom. The van der Waals surface area contributed by atoms with Gasteiger partial charge < -0.3 is 14.6 Å². The van der Waals surface area contributed by atoms with Crippen molar-refractivity contribution < 1.29 is 14.3 Å². The summed E-state index contributed by atoms with van der Waals surface area (Å²) >= 11 is 7.66. The molecule has 1 N–H and O–H groups in total. The van der Waals surface area contributed by atoms with Gasteiger partial charge in [-0.3, -0.25) is 9.59 Å². The Bertz CT molecular complexity index is 1010. The molecule has 0 saturated carbocycles. The third kappa shape index (κ3) is 4.66. The monoisotopic (exact) mass is 417 g/mol. The maximum atomic E-state index is 12.5. The van der Waals surface area contributed by atoms with Gasteiger partial charge in [-0.2, -0.15) is 11.8 Å². The summed E-state index contributed by atoms with van der Waals surface area (Å²) in [5.41, 5.74) is 2.15. The normalized spacial score (nSPS) is 12.0. The number of aromatic nitrogens is 2. The number of ether oxygens (including phenoxy) is 1. The summed E-state index contributed by atoms with van der Waals surface area (Å²) in [5, 5.41) is 3.08. The van der Waals surface area contributed by atoms with E-state index in [2.05, 4.69) is 10.3 Å². The van der Waals surface area contributed by atoms with Crippen molar-refractivity contribution in [2.45, 2.75) is 25.3 Å². The van der Waals surface area contributed by atoms with E-state index in [1.807, 2.05) is 35.1 Å². The first kappa shape index (κ1) is 20.2. The van der Waals surface area contributed by atoms with Crippen LogP contribution >= 0.6 is 23.4 Å². The van der Waals surface area contributed by atoms with Crippen LogP contribution in [0.4, 0.5) is 5.69 Å². The Labute approximate surface area is 172 Å². The molecule has 0 radical (unpaired) electrons. The number of hydrogen-bond acceptors (Lipinski definition) is 5.